The number of nitrogens with zero attached hydrogens (tertiary/aromatic N) is 4. The van der Waals surface area contributed by atoms with Crippen molar-refractivity contribution < 1.29 is 4.79 Å². The number of rotatable bonds is 3. The lowest BCUT2D eigenvalue weighted by Crippen LogP contribution is -2.33. The van der Waals surface area contributed by atoms with Crippen LogP contribution >= 0.6 is 23.2 Å². The van der Waals surface area contributed by atoms with Gasteiger partial charge in [-0.25, -0.2) is 14.3 Å². The molecule has 0 fully saturated rings. The molecule has 0 bridgehead atoms. The minimum absolute atomic E-state index is 0.258. The molecule has 0 saturated carbocycles. The Hall–Kier alpha value is -3.16. The second kappa shape index (κ2) is 6.86. The molecule has 4 aromatic rings. The Bertz CT molecular complexity index is 1210. The highest BCUT2D eigenvalue weighted by molar-refractivity contribution is 6.31. The lowest BCUT2D eigenvalue weighted by Gasteiger charge is -2.08. The first-order valence-corrected chi connectivity index (χ1v) is 8.57. The summed E-state index contributed by atoms with van der Waals surface area (Å²) in [5, 5.41) is 5.52. The maximum absolute atomic E-state index is 12.7. The Morgan fingerprint density at radius 1 is 1.04 bits per heavy atom. The second-order valence-corrected chi connectivity index (χ2v) is 6.51. The average Bonchev–Trinajstić information content (AvgIpc) is 3.09. The van der Waals surface area contributed by atoms with E-state index in [0.717, 1.165) is 4.68 Å². The van der Waals surface area contributed by atoms with Gasteiger partial charge in [0.05, 0.1) is 11.9 Å². The van der Waals surface area contributed by atoms with Gasteiger partial charge in [-0.2, -0.15) is 5.10 Å². The normalized spacial score (nSPS) is 10.9. The largest absolute Gasteiger partial charge is 0.283 e. The Kier molecular flexibility index (Phi) is 4.39. The average molecular weight is 400 g/mol. The third kappa shape index (κ3) is 3.30. The summed E-state index contributed by atoms with van der Waals surface area (Å²) in [5.74, 6) is -0.461. The monoisotopic (exact) mass is 399 g/mol. The lowest BCUT2D eigenvalue weighted by atomic mass is 10.2. The number of benzene rings is 2. The molecule has 0 atom stereocenters. The number of aromatic nitrogens is 4. The molecule has 0 spiro atoms. The van der Waals surface area contributed by atoms with Crippen LogP contribution in [-0.4, -0.2) is 25.3 Å². The van der Waals surface area contributed by atoms with Crippen LogP contribution in [0.5, 0.6) is 0 Å². The fourth-order valence-corrected chi connectivity index (χ4v) is 2.87. The van der Waals surface area contributed by atoms with Crippen LogP contribution in [0.3, 0.4) is 0 Å². The molecular weight excluding hydrogens is 389 g/mol. The van der Waals surface area contributed by atoms with Crippen molar-refractivity contribution in [2.75, 3.05) is 5.43 Å². The highest BCUT2D eigenvalue weighted by atomic mass is 35.5. The van der Waals surface area contributed by atoms with Crippen LogP contribution in [0.15, 0.2) is 65.8 Å². The minimum atomic E-state index is -0.461. The predicted octanol–water partition coefficient (Wildman–Crippen LogP) is 3.27. The molecule has 27 heavy (non-hydrogen) atoms. The summed E-state index contributed by atoms with van der Waals surface area (Å²) in [5.41, 5.74) is 3.45. The van der Waals surface area contributed by atoms with Gasteiger partial charge in [-0.3, -0.25) is 15.0 Å². The first-order valence-electron chi connectivity index (χ1n) is 7.81. The molecule has 9 heteroatoms. The molecule has 0 aliphatic rings. The van der Waals surface area contributed by atoms with Crippen molar-refractivity contribution in [3.8, 4) is 5.69 Å². The highest BCUT2D eigenvalue weighted by Gasteiger charge is 2.13. The summed E-state index contributed by atoms with van der Waals surface area (Å²) in [4.78, 5) is 29.2. The molecule has 0 aliphatic carbocycles. The highest BCUT2D eigenvalue weighted by Crippen LogP contribution is 2.17. The van der Waals surface area contributed by atoms with Gasteiger partial charge in [0.1, 0.15) is 11.7 Å². The van der Waals surface area contributed by atoms with Gasteiger partial charge in [0.25, 0.3) is 11.5 Å². The van der Waals surface area contributed by atoms with Crippen molar-refractivity contribution in [3.63, 3.8) is 0 Å². The Morgan fingerprint density at radius 3 is 2.56 bits per heavy atom. The summed E-state index contributed by atoms with van der Waals surface area (Å²) in [6.45, 7) is 0. The van der Waals surface area contributed by atoms with E-state index in [4.69, 9.17) is 23.2 Å². The van der Waals surface area contributed by atoms with E-state index in [1.54, 1.807) is 48.5 Å². The van der Waals surface area contributed by atoms with E-state index in [0.29, 0.717) is 26.9 Å². The number of hydrogen-bond donors (Lipinski definition) is 1. The standard InChI is InChI=1S/C18H11Cl2N5O2/c19-12-6-4-11(5-7-12)17(26)23-24-10-21-16-15(18(24)27)9-22-25(16)14-3-1-2-13(20)8-14/h1-10H,(H,23,26). The summed E-state index contributed by atoms with van der Waals surface area (Å²) in [6.07, 6.45) is 2.64. The fraction of sp³-hybridized carbons (Fsp3) is 0. The maximum atomic E-state index is 12.7. The first-order chi connectivity index (χ1) is 13.0. The molecule has 1 N–H and O–H groups in total. The zero-order valence-corrected chi connectivity index (χ0v) is 15.1. The predicted molar refractivity (Wildman–Crippen MR) is 103 cm³/mol. The van der Waals surface area contributed by atoms with Crippen LogP contribution in [-0.2, 0) is 0 Å². The third-order valence-corrected chi connectivity index (χ3v) is 4.36. The topological polar surface area (TPSA) is 81.8 Å². The van der Waals surface area contributed by atoms with E-state index >= 15 is 0 Å². The molecule has 0 aliphatic heterocycles. The fourth-order valence-electron chi connectivity index (χ4n) is 2.56. The summed E-state index contributed by atoms with van der Waals surface area (Å²) >= 11 is 11.8. The summed E-state index contributed by atoms with van der Waals surface area (Å²) < 4.78 is 2.53. The Balaban J connectivity index is 1.70. The van der Waals surface area contributed by atoms with Gasteiger partial charge in [-0.15, -0.1) is 0 Å². The maximum Gasteiger partial charge on any atom is 0.283 e. The van der Waals surface area contributed by atoms with E-state index in [9.17, 15) is 9.59 Å². The van der Waals surface area contributed by atoms with Crippen LogP contribution in [0, 0.1) is 0 Å². The van der Waals surface area contributed by atoms with Gasteiger partial charge in [-0.1, -0.05) is 29.3 Å². The summed E-state index contributed by atoms with van der Waals surface area (Å²) in [6, 6.07) is 13.3. The second-order valence-electron chi connectivity index (χ2n) is 5.64. The van der Waals surface area contributed by atoms with Crippen molar-refractivity contribution in [2.24, 2.45) is 0 Å². The quantitative estimate of drug-likeness (QED) is 0.572. The van der Waals surface area contributed by atoms with E-state index in [1.165, 1.54) is 17.2 Å². The molecule has 0 saturated heterocycles. The molecule has 134 valence electrons. The molecule has 2 aromatic carbocycles. The SMILES string of the molecule is O=C(Nn1cnc2c(cnn2-c2cccc(Cl)c2)c1=O)c1ccc(Cl)cc1. The van der Waals surface area contributed by atoms with Gasteiger partial charge in [0.15, 0.2) is 5.65 Å². The van der Waals surface area contributed by atoms with Crippen LogP contribution in [0.1, 0.15) is 10.4 Å². The molecule has 1 amide bonds. The Labute approximate surface area is 162 Å². The zero-order valence-electron chi connectivity index (χ0n) is 13.6. The lowest BCUT2D eigenvalue weighted by molar-refractivity contribution is 0.101. The van der Waals surface area contributed by atoms with Crippen molar-refractivity contribution in [2.45, 2.75) is 0 Å². The van der Waals surface area contributed by atoms with Crippen molar-refractivity contribution >= 4 is 40.1 Å². The molecule has 0 unspecified atom stereocenters. The number of halogens is 2. The number of hydrogen-bond acceptors (Lipinski definition) is 4. The number of amides is 1. The summed E-state index contributed by atoms with van der Waals surface area (Å²) in [7, 11) is 0. The van der Waals surface area contributed by atoms with E-state index in [1.807, 2.05) is 0 Å². The van der Waals surface area contributed by atoms with Crippen LogP contribution < -0.4 is 11.0 Å². The van der Waals surface area contributed by atoms with Crippen LogP contribution in [0.2, 0.25) is 10.0 Å². The third-order valence-electron chi connectivity index (χ3n) is 3.87. The minimum Gasteiger partial charge on any atom is -0.267 e. The van der Waals surface area contributed by atoms with Gasteiger partial charge in [0, 0.05) is 15.6 Å². The molecule has 2 heterocycles. The van der Waals surface area contributed by atoms with Gasteiger partial charge in [-0.05, 0) is 42.5 Å². The van der Waals surface area contributed by atoms with E-state index in [-0.39, 0.29) is 5.39 Å². The van der Waals surface area contributed by atoms with Crippen LogP contribution in [0.4, 0.5) is 0 Å². The van der Waals surface area contributed by atoms with Crippen LogP contribution in [0.25, 0.3) is 16.7 Å². The molecule has 7 nitrogen and oxygen atoms in total. The molecule has 2 aromatic heterocycles. The number of carbonyl (C=O) groups is 1. The number of nitrogens with one attached hydrogen (secondary N) is 1. The molecule has 4 rings (SSSR count). The first kappa shape index (κ1) is 17.3. The Morgan fingerprint density at radius 2 is 1.81 bits per heavy atom. The van der Waals surface area contributed by atoms with Crippen molar-refractivity contribution in [3.05, 3.63) is 87.0 Å². The number of carbonyl (C=O) groups excluding carboxylic acids is 1. The molecular formula is C18H11Cl2N5O2. The molecule has 0 radical (unpaired) electrons. The van der Waals surface area contributed by atoms with E-state index < -0.39 is 11.5 Å². The van der Waals surface area contributed by atoms with Gasteiger partial charge < -0.3 is 0 Å². The van der Waals surface area contributed by atoms with Crippen molar-refractivity contribution in [1.82, 2.24) is 19.4 Å². The number of fused-ring (bicyclic) bond motifs is 1. The van der Waals surface area contributed by atoms with E-state index in [2.05, 4.69) is 15.5 Å². The smallest absolute Gasteiger partial charge is 0.267 e. The zero-order chi connectivity index (χ0) is 19.0. The van der Waals surface area contributed by atoms with Crippen molar-refractivity contribution in [1.29, 1.82) is 0 Å². The van der Waals surface area contributed by atoms with Gasteiger partial charge >= 0.3 is 0 Å². The van der Waals surface area contributed by atoms with Gasteiger partial charge in [0.2, 0.25) is 0 Å².